The number of esters is 1. The van der Waals surface area contributed by atoms with Gasteiger partial charge in [0.1, 0.15) is 11.5 Å². The summed E-state index contributed by atoms with van der Waals surface area (Å²) in [4.78, 5) is 35.7. The predicted octanol–water partition coefficient (Wildman–Crippen LogP) is 6.34. The number of thioether (sulfide) groups is 1. The molecule has 0 saturated carbocycles. The molecule has 3 aromatic carbocycles. The van der Waals surface area contributed by atoms with E-state index in [2.05, 4.69) is 27.0 Å². The molecule has 1 amide bonds. The highest BCUT2D eigenvalue weighted by Gasteiger charge is 2.33. The lowest BCUT2D eigenvalue weighted by atomic mass is 10.1. The van der Waals surface area contributed by atoms with Crippen LogP contribution in [0.2, 0.25) is 0 Å². The van der Waals surface area contributed by atoms with Crippen LogP contribution in [0.25, 0.3) is 17.0 Å². The van der Waals surface area contributed by atoms with Crippen molar-refractivity contribution in [2.75, 3.05) is 27.4 Å². The number of amidine groups is 1. The second-order valence-corrected chi connectivity index (χ2v) is 10.7. The molecule has 0 spiro atoms. The number of para-hydroxylation sites is 1. The van der Waals surface area contributed by atoms with Crippen LogP contribution in [0, 0.1) is 0 Å². The molecular formula is C30H26BrN3O5S. The predicted molar refractivity (Wildman–Crippen MR) is 161 cm³/mol. The molecule has 1 aliphatic heterocycles. The second-order valence-electron chi connectivity index (χ2n) is 8.82. The summed E-state index contributed by atoms with van der Waals surface area (Å²) in [7, 11) is 2.92. The number of halogens is 1. The molecule has 8 nitrogen and oxygen atoms in total. The summed E-state index contributed by atoms with van der Waals surface area (Å²) in [6.07, 6.45) is 4.40. The minimum absolute atomic E-state index is 0.156. The number of H-pyrrole nitrogens is 1. The van der Waals surface area contributed by atoms with Crippen LogP contribution in [-0.2, 0) is 20.7 Å². The first-order valence-electron chi connectivity index (χ1n) is 12.4. The molecule has 1 aromatic heterocycles. The lowest BCUT2D eigenvalue weighted by Gasteiger charge is -2.15. The van der Waals surface area contributed by atoms with Crippen LogP contribution in [0.4, 0.5) is 5.69 Å². The Morgan fingerprint density at radius 1 is 1.10 bits per heavy atom. The van der Waals surface area contributed by atoms with Crippen LogP contribution in [0.1, 0.15) is 11.1 Å². The van der Waals surface area contributed by atoms with E-state index in [0.29, 0.717) is 40.0 Å². The van der Waals surface area contributed by atoms with E-state index in [1.165, 1.54) is 18.9 Å². The maximum atomic E-state index is 13.7. The third-order valence-corrected chi connectivity index (χ3v) is 7.80. The number of amides is 1. The topological polar surface area (TPSA) is 93.2 Å². The van der Waals surface area contributed by atoms with Gasteiger partial charge in [0.05, 0.1) is 24.8 Å². The third kappa shape index (κ3) is 6.24. The summed E-state index contributed by atoms with van der Waals surface area (Å²) in [6.45, 7) is 0.209. The summed E-state index contributed by atoms with van der Waals surface area (Å²) < 4.78 is 16.4. The highest BCUT2D eigenvalue weighted by Crippen LogP contribution is 2.37. The first-order valence-corrected chi connectivity index (χ1v) is 14.0. The maximum Gasteiger partial charge on any atom is 0.343 e. The minimum Gasteiger partial charge on any atom is -0.497 e. The van der Waals surface area contributed by atoms with Gasteiger partial charge in [-0.2, -0.15) is 0 Å². The maximum absolute atomic E-state index is 13.7. The summed E-state index contributed by atoms with van der Waals surface area (Å²) in [5.41, 5.74) is 3.54. The summed E-state index contributed by atoms with van der Waals surface area (Å²) in [5.74, 6) is 0.534. The molecule has 1 saturated heterocycles. The van der Waals surface area contributed by atoms with E-state index < -0.39 is 5.97 Å². The number of nitrogens with zero attached hydrogens (tertiary/aromatic N) is 2. The first kappa shape index (κ1) is 27.5. The number of hydrogen-bond acceptors (Lipinski definition) is 7. The zero-order chi connectivity index (χ0) is 28.1. The zero-order valence-electron chi connectivity index (χ0n) is 21.8. The first-order chi connectivity index (χ1) is 19.4. The van der Waals surface area contributed by atoms with E-state index in [1.54, 1.807) is 24.2 Å². The van der Waals surface area contributed by atoms with Gasteiger partial charge < -0.3 is 19.2 Å². The average Bonchev–Trinajstić information content (AvgIpc) is 3.51. The largest absolute Gasteiger partial charge is 0.497 e. The summed E-state index contributed by atoms with van der Waals surface area (Å²) >= 11 is 4.78. The number of aliphatic imine (C=N–C) groups is 1. The van der Waals surface area contributed by atoms with E-state index in [0.717, 1.165) is 26.7 Å². The molecule has 0 bridgehead atoms. The van der Waals surface area contributed by atoms with Gasteiger partial charge in [0.15, 0.2) is 11.8 Å². The Hall–Kier alpha value is -4.02. The van der Waals surface area contributed by atoms with Crippen LogP contribution in [0.3, 0.4) is 0 Å². The Balaban J connectivity index is 1.46. The molecule has 10 heteroatoms. The van der Waals surface area contributed by atoms with Gasteiger partial charge in [0.25, 0.3) is 5.91 Å². The molecule has 0 atom stereocenters. The number of nitrogens with one attached hydrogen (secondary N) is 1. The van der Waals surface area contributed by atoms with E-state index in [1.807, 2.05) is 60.8 Å². The fourth-order valence-electron chi connectivity index (χ4n) is 4.23. The number of carbonyl (C=O) groups excluding carboxylic acids is 2. The molecular weight excluding hydrogens is 594 g/mol. The van der Waals surface area contributed by atoms with Gasteiger partial charge in [0, 0.05) is 33.7 Å². The van der Waals surface area contributed by atoms with Crippen LogP contribution in [0.5, 0.6) is 11.5 Å². The number of hydrogen-bond donors (Lipinski definition) is 1. The van der Waals surface area contributed by atoms with Crippen molar-refractivity contribution in [1.82, 2.24) is 9.88 Å². The molecule has 1 N–H and O–H groups in total. The van der Waals surface area contributed by atoms with Gasteiger partial charge in [-0.3, -0.25) is 9.69 Å². The Bertz CT molecular complexity index is 1610. The molecule has 204 valence electrons. The highest BCUT2D eigenvalue weighted by atomic mass is 79.9. The van der Waals surface area contributed by atoms with Crippen molar-refractivity contribution >= 4 is 67.4 Å². The highest BCUT2D eigenvalue weighted by molar-refractivity contribution is 9.10. The Labute approximate surface area is 244 Å². The van der Waals surface area contributed by atoms with Crippen molar-refractivity contribution in [1.29, 1.82) is 0 Å². The van der Waals surface area contributed by atoms with Gasteiger partial charge in [-0.25, -0.2) is 9.79 Å². The Kier molecular flexibility index (Phi) is 8.57. The van der Waals surface area contributed by atoms with Crippen molar-refractivity contribution in [3.8, 4) is 11.5 Å². The van der Waals surface area contributed by atoms with E-state index in [-0.39, 0.29) is 12.5 Å². The van der Waals surface area contributed by atoms with Crippen LogP contribution < -0.4 is 9.47 Å². The number of rotatable bonds is 9. The van der Waals surface area contributed by atoms with Crippen molar-refractivity contribution in [2.24, 2.45) is 4.99 Å². The number of methoxy groups -OCH3 is 2. The van der Waals surface area contributed by atoms with Crippen LogP contribution in [-0.4, -0.2) is 54.3 Å². The number of ether oxygens (including phenoxy) is 3. The molecule has 1 fully saturated rings. The minimum atomic E-state index is -0.495. The van der Waals surface area contributed by atoms with E-state index in [9.17, 15) is 9.59 Å². The van der Waals surface area contributed by atoms with E-state index in [4.69, 9.17) is 19.2 Å². The van der Waals surface area contributed by atoms with Gasteiger partial charge >= 0.3 is 5.97 Å². The van der Waals surface area contributed by atoms with Gasteiger partial charge in [-0.05, 0) is 78.4 Å². The van der Waals surface area contributed by atoms with Crippen LogP contribution >= 0.6 is 27.7 Å². The molecule has 0 radical (unpaired) electrons. The fourth-order valence-corrected chi connectivity index (χ4v) is 5.62. The number of aromatic amines is 1. The van der Waals surface area contributed by atoms with Crippen molar-refractivity contribution < 1.29 is 23.8 Å². The van der Waals surface area contributed by atoms with Crippen molar-refractivity contribution in [3.05, 3.63) is 93.4 Å². The van der Waals surface area contributed by atoms with Gasteiger partial charge in [-0.1, -0.05) is 34.1 Å². The summed E-state index contributed by atoms with van der Waals surface area (Å²) in [6, 6.07) is 20.9. The van der Waals surface area contributed by atoms with Crippen molar-refractivity contribution in [2.45, 2.75) is 6.42 Å². The Morgan fingerprint density at radius 2 is 1.90 bits per heavy atom. The van der Waals surface area contributed by atoms with Crippen LogP contribution in [0.15, 0.2) is 87.3 Å². The van der Waals surface area contributed by atoms with Gasteiger partial charge in [-0.15, -0.1) is 0 Å². The lowest BCUT2D eigenvalue weighted by molar-refractivity contribution is -0.142. The SMILES string of the molecule is COC(=O)COc1ccc(Br)cc1/C=C1/SC(=Nc2ccc(OC)cc2)N(CCc2c[nH]c3ccccc23)C1=O. The second kappa shape index (κ2) is 12.4. The molecule has 2 heterocycles. The molecule has 0 aliphatic carbocycles. The smallest absolute Gasteiger partial charge is 0.343 e. The Morgan fingerprint density at radius 3 is 2.67 bits per heavy atom. The summed E-state index contributed by atoms with van der Waals surface area (Å²) in [5, 5.41) is 1.71. The molecule has 4 aromatic rings. The quantitative estimate of drug-likeness (QED) is 0.174. The molecule has 0 unspecified atom stereocenters. The monoisotopic (exact) mass is 619 g/mol. The van der Waals surface area contributed by atoms with Crippen molar-refractivity contribution in [3.63, 3.8) is 0 Å². The molecule has 40 heavy (non-hydrogen) atoms. The number of fused-ring (bicyclic) bond motifs is 1. The number of aromatic nitrogens is 1. The lowest BCUT2D eigenvalue weighted by Crippen LogP contribution is -2.31. The third-order valence-electron chi connectivity index (χ3n) is 6.30. The van der Waals surface area contributed by atoms with Gasteiger partial charge in [0.2, 0.25) is 0 Å². The normalized spacial score (nSPS) is 15.3. The zero-order valence-corrected chi connectivity index (χ0v) is 24.3. The molecule has 1 aliphatic rings. The van der Waals surface area contributed by atoms with E-state index >= 15 is 0 Å². The molecule has 5 rings (SSSR count). The standard InChI is InChI=1S/C30H26BrN3O5S/c1-37-23-10-8-22(9-11-23)33-30-34(14-13-19-17-32-25-6-4-3-5-24(19)25)29(36)27(40-30)16-20-15-21(31)7-12-26(20)39-18-28(35)38-2/h3-12,15-17,32H,13-14,18H2,1-2H3/b27-16+,33-30?. The number of benzene rings is 3. The average molecular weight is 621 g/mol. The number of carbonyl (C=O) groups is 2. The fraction of sp³-hybridized carbons (Fsp3) is 0.167.